The molecule has 1 rings (SSSR count). The molecule has 0 unspecified atom stereocenters. The van der Waals surface area contributed by atoms with E-state index in [4.69, 9.17) is 9.16 Å². The first-order chi connectivity index (χ1) is 9.49. The van der Waals surface area contributed by atoms with Crippen molar-refractivity contribution in [2.75, 3.05) is 13.7 Å². The lowest BCUT2D eigenvalue weighted by atomic mass is 10.1. The topological polar surface area (TPSA) is 68.3 Å². The van der Waals surface area contributed by atoms with Gasteiger partial charge in [0.1, 0.15) is 12.2 Å². The Morgan fingerprint density at radius 1 is 1.43 bits per heavy atom. The first kappa shape index (κ1) is 18.4. The molecule has 1 aliphatic rings. The Labute approximate surface area is 128 Å². The molecule has 0 radical (unpaired) electrons. The third-order valence-corrected chi connectivity index (χ3v) is 8.85. The summed E-state index contributed by atoms with van der Waals surface area (Å²) in [5, 5.41) is 10.2. The van der Waals surface area contributed by atoms with Crippen LogP contribution in [0.3, 0.4) is 0 Å². The van der Waals surface area contributed by atoms with Crippen LogP contribution in [0.25, 0.3) is 0 Å². The van der Waals surface area contributed by atoms with Crippen LogP contribution in [-0.4, -0.2) is 51.4 Å². The normalized spacial score (nSPS) is 23.6. The lowest BCUT2D eigenvalue weighted by Gasteiger charge is -2.36. The first-order valence-electron chi connectivity index (χ1n) is 7.23. The Balaban J connectivity index is 2.38. The largest absolute Gasteiger partial charge is 0.466 e. The Bertz CT molecular complexity index is 399. The maximum absolute atomic E-state index is 11.2. The second-order valence-electron chi connectivity index (χ2n) is 7.08. The van der Waals surface area contributed by atoms with Gasteiger partial charge < -0.3 is 19.0 Å². The van der Waals surface area contributed by atoms with Crippen molar-refractivity contribution in [3.8, 4) is 0 Å². The number of rotatable bonds is 7. The molecular formula is C15H28O5Si. The number of aliphatic hydroxyl groups is 1. The highest BCUT2D eigenvalue weighted by molar-refractivity contribution is 6.74. The van der Waals surface area contributed by atoms with E-state index in [0.717, 1.165) is 0 Å². The van der Waals surface area contributed by atoms with E-state index in [2.05, 4.69) is 45.2 Å². The number of epoxide rings is 1. The minimum absolute atomic E-state index is 0.0976. The summed E-state index contributed by atoms with van der Waals surface area (Å²) >= 11 is 0. The zero-order valence-corrected chi connectivity index (χ0v) is 14.9. The number of hydrogen-bond acceptors (Lipinski definition) is 5. The van der Waals surface area contributed by atoms with Crippen LogP contribution in [0.2, 0.25) is 18.1 Å². The van der Waals surface area contributed by atoms with Crippen molar-refractivity contribution >= 4 is 14.3 Å². The molecule has 122 valence electrons. The summed E-state index contributed by atoms with van der Waals surface area (Å²) in [7, 11) is -0.506. The smallest absolute Gasteiger partial charge is 0.333 e. The van der Waals surface area contributed by atoms with Crippen LogP contribution < -0.4 is 0 Å². The van der Waals surface area contributed by atoms with Crippen LogP contribution >= 0.6 is 0 Å². The number of aliphatic hydroxyl groups excluding tert-OH is 1. The molecule has 0 spiro atoms. The Morgan fingerprint density at radius 2 is 2.00 bits per heavy atom. The van der Waals surface area contributed by atoms with Crippen molar-refractivity contribution in [1.82, 2.24) is 0 Å². The molecule has 6 heteroatoms. The summed E-state index contributed by atoms with van der Waals surface area (Å²) in [4.78, 5) is 11.2. The Kier molecular flexibility index (Phi) is 5.77. The fraction of sp³-hybridized carbons (Fsp3) is 0.800. The summed E-state index contributed by atoms with van der Waals surface area (Å²) in [5.74, 6) is -0.497. The van der Waals surface area contributed by atoms with Crippen molar-refractivity contribution in [2.45, 2.75) is 63.6 Å². The molecular weight excluding hydrogens is 288 g/mol. The molecule has 1 aliphatic heterocycles. The van der Waals surface area contributed by atoms with Crippen LogP contribution in [0.15, 0.2) is 12.2 Å². The van der Waals surface area contributed by atoms with E-state index in [1.807, 2.05) is 0 Å². The highest BCUT2D eigenvalue weighted by Gasteiger charge is 2.47. The van der Waals surface area contributed by atoms with Crippen molar-refractivity contribution in [1.29, 1.82) is 0 Å². The Hall–Kier alpha value is -0.693. The van der Waals surface area contributed by atoms with Crippen molar-refractivity contribution in [3.63, 3.8) is 0 Å². The standard InChI is InChI=1S/C15H28O5Si/c1-10(14(17)18-5)8-11(16)13-12(20-13)9-19-21(6,7)15(2,3)4/h11-13,16H,1,8-9H2,2-7H3/t11-,12-,13+/m1/s1. The molecule has 0 aromatic rings. The molecule has 1 fully saturated rings. The van der Waals surface area contributed by atoms with Gasteiger partial charge in [-0.15, -0.1) is 0 Å². The van der Waals surface area contributed by atoms with E-state index in [-0.39, 0.29) is 29.2 Å². The number of carbonyl (C=O) groups is 1. The van der Waals surface area contributed by atoms with Gasteiger partial charge in [0.05, 0.1) is 19.8 Å². The quantitative estimate of drug-likeness (QED) is 0.338. The summed E-state index contributed by atoms with van der Waals surface area (Å²) in [5.41, 5.74) is 0.254. The van der Waals surface area contributed by atoms with Gasteiger partial charge in [-0.2, -0.15) is 0 Å². The second kappa shape index (κ2) is 6.60. The fourth-order valence-corrected chi connectivity index (χ4v) is 2.75. The van der Waals surface area contributed by atoms with E-state index in [1.54, 1.807) is 0 Å². The number of methoxy groups -OCH3 is 1. The van der Waals surface area contributed by atoms with Gasteiger partial charge in [-0.05, 0) is 18.1 Å². The third kappa shape index (κ3) is 4.91. The van der Waals surface area contributed by atoms with E-state index in [9.17, 15) is 9.90 Å². The van der Waals surface area contributed by atoms with Crippen molar-refractivity contribution in [3.05, 3.63) is 12.2 Å². The average molecular weight is 316 g/mol. The average Bonchev–Trinajstić information content (AvgIpc) is 3.13. The highest BCUT2D eigenvalue weighted by atomic mass is 28.4. The molecule has 5 nitrogen and oxygen atoms in total. The van der Waals surface area contributed by atoms with Crippen LogP contribution in [0.1, 0.15) is 27.2 Å². The molecule has 0 amide bonds. The zero-order valence-electron chi connectivity index (χ0n) is 13.9. The van der Waals surface area contributed by atoms with E-state index < -0.39 is 20.4 Å². The van der Waals surface area contributed by atoms with Crippen LogP contribution in [0, 0.1) is 0 Å². The molecule has 0 aliphatic carbocycles. The maximum Gasteiger partial charge on any atom is 0.333 e. The fourth-order valence-electron chi connectivity index (χ4n) is 1.73. The number of ether oxygens (including phenoxy) is 2. The van der Waals surface area contributed by atoms with Gasteiger partial charge in [-0.25, -0.2) is 4.79 Å². The molecule has 0 aromatic carbocycles. The second-order valence-corrected chi connectivity index (χ2v) is 11.9. The molecule has 0 saturated carbocycles. The predicted molar refractivity (Wildman–Crippen MR) is 83.6 cm³/mol. The third-order valence-electron chi connectivity index (χ3n) is 4.35. The summed E-state index contributed by atoms with van der Waals surface area (Å²) < 4.78 is 16.1. The van der Waals surface area contributed by atoms with E-state index in [1.165, 1.54) is 7.11 Å². The van der Waals surface area contributed by atoms with Crippen LogP contribution in [0.4, 0.5) is 0 Å². The zero-order chi connectivity index (χ0) is 16.4. The lowest BCUT2D eigenvalue weighted by Crippen LogP contribution is -2.42. The number of carbonyl (C=O) groups excluding carboxylic acids is 1. The SMILES string of the molecule is C=C(C[C@@H](O)[C@@H]1O[C@@H]1CO[Si](C)(C)C(C)(C)C)C(=O)OC. The molecule has 1 N–H and O–H groups in total. The molecule has 3 atom stereocenters. The van der Waals surface area contributed by atoms with E-state index >= 15 is 0 Å². The summed E-state index contributed by atoms with van der Waals surface area (Å²) in [6.07, 6.45) is -0.964. The van der Waals surface area contributed by atoms with Gasteiger partial charge in [0.15, 0.2) is 8.32 Å². The van der Waals surface area contributed by atoms with Crippen molar-refractivity contribution < 1.29 is 23.8 Å². The van der Waals surface area contributed by atoms with Crippen LogP contribution in [0.5, 0.6) is 0 Å². The predicted octanol–water partition coefficient (Wildman–Crippen LogP) is 2.26. The highest BCUT2D eigenvalue weighted by Crippen LogP contribution is 2.38. The lowest BCUT2D eigenvalue weighted by molar-refractivity contribution is -0.136. The minimum atomic E-state index is -1.80. The molecule has 21 heavy (non-hydrogen) atoms. The monoisotopic (exact) mass is 316 g/mol. The van der Waals surface area contributed by atoms with Gasteiger partial charge in [0.25, 0.3) is 0 Å². The summed E-state index contributed by atoms with van der Waals surface area (Å²) in [6.45, 7) is 15.0. The Morgan fingerprint density at radius 3 is 2.48 bits per heavy atom. The van der Waals surface area contributed by atoms with Gasteiger partial charge in [0, 0.05) is 12.0 Å². The first-order valence-corrected chi connectivity index (χ1v) is 10.1. The van der Waals surface area contributed by atoms with Crippen molar-refractivity contribution in [2.24, 2.45) is 0 Å². The molecule has 1 saturated heterocycles. The van der Waals surface area contributed by atoms with Gasteiger partial charge in [-0.1, -0.05) is 27.4 Å². The van der Waals surface area contributed by atoms with Gasteiger partial charge >= 0.3 is 5.97 Å². The maximum atomic E-state index is 11.2. The summed E-state index contributed by atoms with van der Waals surface area (Å²) in [6, 6.07) is 0. The van der Waals surface area contributed by atoms with Crippen LogP contribution in [-0.2, 0) is 18.7 Å². The molecule has 1 heterocycles. The number of esters is 1. The van der Waals surface area contributed by atoms with Gasteiger partial charge in [-0.3, -0.25) is 0 Å². The minimum Gasteiger partial charge on any atom is -0.466 e. The molecule has 0 aromatic heterocycles. The number of hydrogen-bond donors (Lipinski definition) is 1. The van der Waals surface area contributed by atoms with Gasteiger partial charge in [0.2, 0.25) is 0 Å². The van der Waals surface area contributed by atoms with E-state index in [0.29, 0.717) is 6.61 Å². The molecule has 0 bridgehead atoms.